The molecule has 2 bridgehead atoms. The average Bonchev–Trinajstić information content (AvgIpc) is 2.92. The number of hydrogen-bond acceptors (Lipinski definition) is 5. The monoisotopic (exact) mass is 367 g/mol. The first kappa shape index (κ1) is 17.4. The highest BCUT2D eigenvalue weighted by Gasteiger charge is 2.41. The van der Waals surface area contributed by atoms with Gasteiger partial charge in [-0.25, -0.2) is 4.98 Å². The summed E-state index contributed by atoms with van der Waals surface area (Å²) in [6.45, 7) is 1.48. The van der Waals surface area contributed by atoms with Crippen molar-refractivity contribution in [2.24, 2.45) is 13.0 Å². The molecule has 2 aromatic rings. The molecule has 0 unspecified atom stereocenters. The minimum Gasteiger partial charge on any atom is -0.348 e. The summed E-state index contributed by atoms with van der Waals surface area (Å²) in [5.74, 6) is -1.00. The Morgan fingerprint density at radius 2 is 1.96 bits per heavy atom. The van der Waals surface area contributed by atoms with Crippen LogP contribution >= 0.6 is 0 Å². The summed E-state index contributed by atoms with van der Waals surface area (Å²) >= 11 is 0. The Bertz CT molecular complexity index is 878. The van der Waals surface area contributed by atoms with Crippen molar-refractivity contribution in [3.05, 3.63) is 48.3 Å². The summed E-state index contributed by atoms with van der Waals surface area (Å²) in [5, 5.41) is 0. The summed E-state index contributed by atoms with van der Waals surface area (Å²) < 4.78 is 1.65. The molecule has 3 fully saturated rings. The normalized spacial score (nSPS) is 21.8. The summed E-state index contributed by atoms with van der Waals surface area (Å²) in [6.07, 6.45) is 7.96. The number of hydrogen-bond donors (Lipinski definition) is 0. The minimum atomic E-state index is -0.498. The standard InChI is InChI=1S/C19H21N5O3/c1-22-8-2-3-16(22)17(25)19(27)24-11-13-4-5-14(24)12-23(10-13)18(26)15-9-20-6-7-21-15/h2-3,6-9,13-14H,4-5,10-12H2,1H3/t13-,14+/m1/s1. The van der Waals surface area contributed by atoms with E-state index in [1.807, 2.05) is 0 Å². The minimum absolute atomic E-state index is 0.152. The van der Waals surface area contributed by atoms with Crippen LogP contribution in [0, 0.1) is 5.92 Å². The van der Waals surface area contributed by atoms with Gasteiger partial charge in [0.2, 0.25) is 0 Å². The van der Waals surface area contributed by atoms with Crippen LogP contribution in [-0.4, -0.2) is 67.6 Å². The van der Waals surface area contributed by atoms with E-state index in [1.54, 1.807) is 39.7 Å². The van der Waals surface area contributed by atoms with E-state index in [1.165, 1.54) is 18.6 Å². The maximum Gasteiger partial charge on any atom is 0.296 e. The number of aryl methyl sites for hydroxylation is 1. The van der Waals surface area contributed by atoms with Gasteiger partial charge in [-0.05, 0) is 30.9 Å². The van der Waals surface area contributed by atoms with Gasteiger partial charge in [-0.2, -0.15) is 0 Å². The Hall–Kier alpha value is -3.03. The molecule has 0 spiro atoms. The molecule has 3 aliphatic heterocycles. The zero-order valence-electron chi connectivity index (χ0n) is 15.1. The van der Waals surface area contributed by atoms with Gasteiger partial charge in [0.05, 0.1) is 11.9 Å². The lowest BCUT2D eigenvalue weighted by Gasteiger charge is -2.35. The van der Waals surface area contributed by atoms with E-state index in [9.17, 15) is 14.4 Å². The van der Waals surface area contributed by atoms with Gasteiger partial charge in [0, 0.05) is 51.3 Å². The van der Waals surface area contributed by atoms with Gasteiger partial charge in [0.1, 0.15) is 5.69 Å². The van der Waals surface area contributed by atoms with Crippen molar-refractivity contribution in [2.75, 3.05) is 19.6 Å². The largest absolute Gasteiger partial charge is 0.348 e. The average molecular weight is 367 g/mol. The van der Waals surface area contributed by atoms with Crippen LogP contribution in [0.5, 0.6) is 0 Å². The predicted octanol–water partition coefficient (Wildman–Crippen LogP) is 0.761. The topological polar surface area (TPSA) is 88.4 Å². The number of rotatable bonds is 3. The van der Waals surface area contributed by atoms with Gasteiger partial charge in [0.25, 0.3) is 17.6 Å². The Balaban J connectivity index is 1.53. The molecule has 3 saturated heterocycles. The number of nitrogens with zero attached hydrogens (tertiary/aromatic N) is 5. The quantitative estimate of drug-likeness (QED) is 0.590. The van der Waals surface area contributed by atoms with Gasteiger partial charge in [-0.1, -0.05) is 0 Å². The van der Waals surface area contributed by atoms with Crippen molar-refractivity contribution < 1.29 is 14.4 Å². The van der Waals surface area contributed by atoms with Crippen LogP contribution in [0.3, 0.4) is 0 Å². The highest BCUT2D eigenvalue weighted by Crippen LogP contribution is 2.29. The van der Waals surface area contributed by atoms with E-state index < -0.39 is 11.7 Å². The Morgan fingerprint density at radius 1 is 1.11 bits per heavy atom. The first-order valence-corrected chi connectivity index (χ1v) is 9.06. The second-order valence-corrected chi connectivity index (χ2v) is 7.19. The molecule has 0 aromatic carbocycles. The van der Waals surface area contributed by atoms with Crippen LogP contribution in [0.1, 0.15) is 33.8 Å². The van der Waals surface area contributed by atoms with Crippen LogP contribution in [0.2, 0.25) is 0 Å². The van der Waals surface area contributed by atoms with Gasteiger partial charge in [-0.3, -0.25) is 19.4 Å². The third-order valence-electron chi connectivity index (χ3n) is 5.41. The molecule has 0 aliphatic carbocycles. The van der Waals surface area contributed by atoms with Crippen LogP contribution in [0.4, 0.5) is 0 Å². The van der Waals surface area contributed by atoms with Crippen molar-refractivity contribution in [3.8, 4) is 0 Å². The highest BCUT2D eigenvalue weighted by atomic mass is 16.2. The zero-order valence-corrected chi connectivity index (χ0v) is 15.1. The lowest BCUT2D eigenvalue weighted by Crippen LogP contribution is -2.50. The van der Waals surface area contributed by atoms with Crippen LogP contribution in [0.25, 0.3) is 0 Å². The molecule has 140 valence electrons. The van der Waals surface area contributed by atoms with Gasteiger partial charge in [-0.15, -0.1) is 0 Å². The molecule has 27 heavy (non-hydrogen) atoms. The first-order chi connectivity index (χ1) is 13.0. The Morgan fingerprint density at radius 3 is 2.67 bits per heavy atom. The smallest absolute Gasteiger partial charge is 0.296 e. The van der Waals surface area contributed by atoms with E-state index >= 15 is 0 Å². The molecule has 5 rings (SSSR count). The fourth-order valence-corrected chi connectivity index (χ4v) is 4.01. The van der Waals surface area contributed by atoms with Crippen molar-refractivity contribution in [1.82, 2.24) is 24.3 Å². The van der Waals surface area contributed by atoms with E-state index in [-0.39, 0.29) is 17.9 Å². The van der Waals surface area contributed by atoms with E-state index in [0.29, 0.717) is 31.0 Å². The van der Waals surface area contributed by atoms with E-state index in [4.69, 9.17) is 0 Å². The number of carbonyl (C=O) groups excluding carboxylic acids is 3. The molecule has 0 N–H and O–H groups in total. The highest BCUT2D eigenvalue weighted by molar-refractivity contribution is 6.42. The summed E-state index contributed by atoms with van der Waals surface area (Å²) in [4.78, 5) is 49.7. The molecule has 2 atom stereocenters. The van der Waals surface area contributed by atoms with E-state index in [0.717, 1.165) is 12.8 Å². The van der Waals surface area contributed by atoms with Gasteiger partial charge < -0.3 is 14.4 Å². The van der Waals surface area contributed by atoms with Crippen LogP contribution < -0.4 is 0 Å². The van der Waals surface area contributed by atoms with Crippen molar-refractivity contribution >= 4 is 17.6 Å². The third-order valence-corrected chi connectivity index (χ3v) is 5.41. The number of fused-ring (bicyclic) bond motifs is 4. The second-order valence-electron chi connectivity index (χ2n) is 7.19. The molecule has 0 saturated carbocycles. The fraction of sp³-hybridized carbons (Fsp3) is 0.421. The SMILES string of the molecule is Cn1cccc1C(=O)C(=O)N1C[C@@H]2CC[C@H]1CN(C(=O)c1cnccn1)C2. The Kier molecular flexibility index (Phi) is 4.47. The first-order valence-electron chi connectivity index (χ1n) is 9.06. The lowest BCUT2D eigenvalue weighted by molar-refractivity contribution is -0.130. The van der Waals surface area contributed by atoms with E-state index in [2.05, 4.69) is 9.97 Å². The number of ketones is 1. The molecule has 8 nitrogen and oxygen atoms in total. The fourth-order valence-electron chi connectivity index (χ4n) is 4.01. The lowest BCUT2D eigenvalue weighted by atomic mass is 9.94. The maximum atomic E-state index is 12.9. The second kappa shape index (κ2) is 6.94. The maximum absolute atomic E-state index is 12.9. The summed E-state index contributed by atoms with van der Waals surface area (Å²) in [7, 11) is 1.75. The van der Waals surface area contributed by atoms with Gasteiger partial charge in [0.15, 0.2) is 0 Å². The van der Waals surface area contributed by atoms with Crippen LogP contribution in [-0.2, 0) is 11.8 Å². The molecular weight excluding hydrogens is 346 g/mol. The summed E-state index contributed by atoms with van der Waals surface area (Å²) in [6, 6.07) is 3.25. The van der Waals surface area contributed by atoms with Crippen molar-refractivity contribution in [3.63, 3.8) is 0 Å². The van der Waals surface area contributed by atoms with Crippen LogP contribution in [0.15, 0.2) is 36.9 Å². The predicted molar refractivity (Wildman–Crippen MR) is 95.9 cm³/mol. The zero-order chi connectivity index (χ0) is 19.0. The molecule has 5 heterocycles. The Labute approximate surface area is 156 Å². The third kappa shape index (κ3) is 3.22. The number of aromatic nitrogens is 3. The molecule has 2 aromatic heterocycles. The number of piperidine rings is 1. The molecule has 2 amide bonds. The number of carbonyl (C=O) groups is 3. The van der Waals surface area contributed by atoms with Gasteiger partial charge >= 0.3 is 0 Å². The number of amides is 2. The summed E-state index contributed by atoms with van der Waals surface area (Å²) in [5.41, 5.74) is 0.684. The molecular formula is C19H21N5O3. The molecule has 0 radical (unpaired) electrons. The van der Waals surface area contributed by atoms with Crippen molar-refractivity contribution in [2.45, 2.75) is 18.9 Å². The van der Waals surface area contributed by atoms with Crippen molar-refractivity contribution in [1.29, 1.82) is 0 Å². The molecule has 8 heteroatoms. The molecule has 3 aliphatic rings. The number of Topliss-reactive ketones (excluding diaryl/α,β-unsaturated/α-hetero) is 1.